The summed E-state index contributed by atoms with van der Waals surface area (Å²) >= 11 is 0. The van der Waals surface area contributed by atoms with Crippen molar-refractivity contribution in [3.05, 3.63) is 35.6 Å². The van der Waals surface area contributed by atoms with Gasteiger partial charge in [0.2, 0.25) is 0 Å². The van der Waals surface area contributed by atoms with Crippen LogP contribution in [0.4, 0.5) is 0 Å². The average Bonchev–Trinajstić information content (AvgIpc) is 2.89. The summed E-state index contributed by atoms with van der Waals surface area (Å²) in [5, 5.41) is 13.8. The molecule has 0 saturated heterocycles. The zero-order chi connectivity index (χ0) is 17.5. The minimum Gasteiger partial charge on any atom is -0.481 e. The molecule has 0 saturated carbocycles. The monoisotopic (exact) mass is 331 g/mol. The zero-order valence-corrected chi connectivity index (χ0v) is 15.0. The van der Waals surface area contributed by atoms with Crippen LogP contribution in [0, 0.1) is 11.8 Å². The number of hydrogen-bond acceptors (Lipinski definition) is 3. The molecule has 2 rings (SSSR count). The highest BCUT2D eigenvalue weighted by molar-refractivity contribution is 5.82. The van der Waals surface area contributed by atoms with Crippen molar-refractivity contribution in [1.29, 1.82) is 0 Å². The number of aryl methyl sites for hydroxylation is 1. The molecule has 0 aliphatic carbocycles. The number of carboxylic acid groups (broad SMARTS) is 1. The molecule has 132 valence electrons. The average molecular weight is 331 g/mol. The molecule has 1 unspecified atom stereocenters. The van der Waals surface area contributed by atoms with Crippen molar-refractivity contribution in [3.63, 3.8) is 0 Å². The maximum absolute atomic E-state index is 11.4. The second-order valence-corrected chi connectivity index (χ2v) is 6.90. The van der Waals surface area contributed by atoms with E-state index < -0.39 is 5.97 Å². The van der Waals surface area contributed by atoms with Crippen LogP contribution in [0.25, 0.3) is 11.0 Å². The summed E-state index contributed by atoms with van der Waals surface area (Å²) in [5.74, 6) is 0.339. The smallest absolute Gasteiger partial charge is 0.307 e. The molecule has 0 aliphatic rings. The number of aliphatic carboxylic acids is 1. The third-order valence-electron chi connectivity index (χ3n) is 4.34. The number of hydrogen-bond donors (Lipinski definition) is 2. The Morgan fingerprint density at radius 2 is 2.04 bits per heavy atom. The maximum atomic E-state index is 11.4. The largest absolute Gasteiger partial charge is 0.481 e. The summed E-state index contributed by atoms with van der Waals surface area (Å²) in [6.07, 6.45) is 3.84. The molecule has 0 aliphatic heterocycles. The molecule has 1 atom stereocenters. The number of carboxylic acids is 1. The van der Waals surface area contributed by atoms with E-state index in [0.717, 1.165) is 36.0 Å². The molecule has 1 aromatic heterocycles. The minimum absolute atomic E-state index is 0.345. The van der Waals surface area contributed by atoms with Gasteiger partial charge in [-0.1, -0.05) is 45.4 Å². The van der Waals surface area contributed by atoms with Gasteiger partial charge in [-0.2, -0.15) is 0 Å². The van der Waals surface area contributed by atoms with Crippen LogP contribution < -0.4 is 5.32 Å². The van der Waals surface area contributed by atoms with Crippen LogP contribution in [0.2, 0.25) is 0 Å². The SMILES string of the molecule is CCCCc1oc2ccccc2c1CNCC(CC(C)C)C(=O)O. The van der Waals surface area contributed by atoms with Crippen molar-refractivity contribution in [2.45, 2.75) is 53.0 Å². The molecule has 4 nitrogen and oxygen atoms in total. The summed E-state index contributed by atoms with van der Waals surface area (Å²) < 4.78 is 6.01. The highest BCUT2D eigenvalue weighted by Crippen LogP contribution is 2.27. The van der Waals surface area contributed by atoms with Gasteiger partial charge in [-0.25, -0.2) is 0 Å². The highest BCUT2D eigenvalue weighted by atomic mass is 16.4. The Hall–Kier alpha value is -1.81. The van der Waals surface area contributed by atoms with Gasteiger partial charge in [0.1, 0.15) is 11.3 Å². The fourth-order valence-corrected chi connectivity index (χ4v) is 3.09. The molecule has 4 heteroatoms. The van der Waals surface area contributed by atoms with E-state index in [2.05, 4.69) is 32.2 Å². The van der Waals surface area contributed by atoms with Gasteiger partial charge in [0.15, 0.2) is 0 Å². The third kappa shape index (κ3) is 4.84. The van der Waals surface area contributed by atoms with E-state index in [1.165, 1.54) is 5.56 Å². The molecule has 24 heavy (non-hydrogen) atoms. The van der Waals surface area contributed by atoms with Crippen molar-refractivity contribution in [1.82, 2.24) is 5.32 Å². The summed E-state index contributed by atoms with van der Waals surface area (Å²) in [7, 11) is 0. The molecule has 0 amide bonds. The van der Waals surface area contributed by atoms with E-state index in [1.54, 1.807) is 0 Å². The van der Waals surface area contributed by atoms with Gasteiger partial charge in [0.05, 0.1) is 5.92 Å². The van der Waals surface area contributed by atoms with Crippen LogP contribution >= 0.6 is 0 Å². The van der Waals surface area contributed by atoms with E-state index >= 15 is 0 Å². The van der Waals surface area contributed by atoms with Crippen molar-refractivity contribution in [2.24, 2.45) is 11.8 Å². The summed E-state index contributed by atoms with van der Waals surface area (Å²) in [5.41, 5.74) is 2.09. The van der Waals surface area contributed by atoms with Gasteiger partial charge in [0, 0.05) is 30.5 Å². The number of nitrogens with one attached hydrogen (secondary N) is 1. The van der Waals surface area contributed by atoms with E-state index in [0.29, 0.717) is 25.4 Å². The highest BCUT2D eigenvalue weighted by Gasteiger charge is 2.19. The topological polar surface area (TPSA) is 62.5 Å². The fraction of sp³-hybridized carbons (Fsp3) is 0.550. The molecule has 2 aromatic rings. The van der Waals surface area contributed by atoms with Crippen LogP contribution in [-0.2, 0) is 17.8 Å². The number of unbranched alkanes of at least 4 members (excludes halogenated alkanes) is 1. The third-order valence-corrected chi connectivity index (χ3v) is 4.34. The lowest BCUT2D eigenvalue weighted by Gasteiger charge is -2.15. The van der Waals surface area contributed by atoms with E-state index in [4.69, 9.17) is 4.42 Å². The quantitative estimate of drug-likeness (QED) is 0.667. The Morgan fingerprint density at radius 3 is 2.71 bits per heavy atom. The van der Waals surface area contributed by atoms with Gasteiger partial charge in [-0.05, 0) is 24.8 Å². The van der Waals surface area contributed by atoms with Gasteiger partial charge in [-0.3, -0.25) is 4.79 Å². The maximum Gasteiger partial charge on any atom is 0.307 e. The number of rotatable bonds is 10. The predicted octanol–water partition coefficient (Wildman–Crippen LogP) is 4.61. The summed E-state index contributed by atoms with van der Waals surface area (Å²) in [6, 6.07) is 8.07. The Labute approximate surface area is 144 Å². The predicted molar refractivity (Wildman–Crippen MR) is 97.1 cm³/mol. The molecule has 0 fully saturated rings. The van der Waals surface area contributed by atoms with Crippen molar-refractivity contribution in [2.75, 3.05) is 6.54 Å². The van der Waals surface area contributed by atoms with Crippen LogP contribution in [0.5, 0.6) is 0 Å². The molecular weight excluding hydrogens is 302 g/mol. The van der Waals surface area contributed by atoms with Crippen LogP contribution in [0.15, 0.2) is 28.7 Å². The van der Waals surface area contributed by atoms with Crippen LogP contribution in [0.1, 0.15) is 51.4 Å². The lowest BCUT2D eigenvalue weighted by molar-refractivity contribution is -0.142. The number of benzene rings is 1. The molecule has 2 N–H and O–H groups in total. The Bertz CT molecular complexity index is 660. The first-order valence-corrected chi connectivity index (χ1v) is 8.95. The van der Waals surface area contributed by atoms with Gasteiger partial charge in [0.25, 0.3) is 0 Å². The Balaban J connectivity index is 2.09. The molecule has 0 radical (unpaired) electrons. The van der Waals surface area contributed by atoms with Gasteiger partial charge < -0.3 is 14.8 Å². The normalized spacial score (nSPS) is 12.8. The first kappa shape index (κ1) is 18.5. The second kappa shape index (κ2) is 8.88. The molecular formula is C20H29NO3. The van der Waals surface area contributed by atoms with Crippen molar-refractivity contribution in [3.8, 4) is 0 Å². The summed E-state index contributed by atoms with van der Waals surface area (Å²) in [4.78, 5) is 11.4. The number of carbonyl (C=O) groups is 1. The molecule has 0 bridgehead atoms. The van der Waals surface area contributed by atoms with E-state index in [1.807, 2.05) is 18.2 Å². The zero-order valence-electron chi connectivity index (χ0n) is 15.0. The molecule has 0 spiro atoms. The lowest BCUT2D eigenvalue weighted by Crippen LogP contribution is -2.29. The van der Waals surface area contributed by atoms with Crippen LogP contribution in [-0.4, -0.2) is 17.6 Å². The van der Waals surface area contributed by atoms with Gasteiger partial charge >= 0.3 is 5.97 Å². The Kier molecular flexibility index (Phi) is 6.85. The summed E-state index contributed by atoms with van der Waals surface area (Å²) in [6.45, 7) is 7.42. The number of fused-ring (bicyclic) bond motifs is 1. The second-order valence-electron chi connectivity index (χ2n) is 6.90. The molecule has 1 aromatic carbocycles. The van der Waals surface area contributed by atoms with Crippen LogP contribution in [0.3, 0.4) is 0 Å². The lowest BCUT2D eigenvalue weighted by atomic mass is 9.97. The first-order valence-electron chi connectivity index (χ1n) is 8.95. The standard InChI is InChI=1S/C20H29NO3/c1-4-5-9-19-17(16-8-6-7-10-18(16)24-19)13-21-12-15(20(22)23)11-14(2)3/h6-8,10,14-15,21H,4-5,9,11-13H2,1-3H3,(H,22,23). The number of para-hydroxylation sites is 1. The first-order chi connectivity index (χ1) is 11.5. The van der Waals surface area contributed by atoms with Crippen molar-refractivity contribution < 1.29 is 14.3 Å². The molecule has 1 heterocycles. The Morgan fingerprint density at radius 1 is 1.29 bits per heavy atom. The fourth-order valence-electron chi connectivity index (χ4n) is 3.09. The van der Waals surface area contributed by atoms with Gasteiger partial charge in [-0.15, -0.1) is 0 Å². The van der Waals surface area contributed by atoms with Crippen molar-refractivity contribution >= 4 is 16.9 Å². The number of furan rings is 1. The van der Waals surface area contributed by atoms with E-state index in [-0.39, 0.29) is 5.92 Å². The minimum atomic E-state index is -0.723. The van der Waals surface area contributed by atoms with E-state index in [9.17, 15) is 9.90 Å².